The summed E-state index contributed by atoms with van der Waals surface area (Å²) in [5.74, 6) is 0.185. The summed E-state index contributed by atoms with van der Waals surface area (Å²) in [6, 6.07) is 0.333. The number of aryl methyl sites for hydroxylation is 2. The van der Waals surface area contributed by atoms with Gasteiger partial charge in [-0.2, -0.15) is 5.10 Å². The molecule has 0 aliphatic rings. The maximum absolute atomic E-state index is 11.8. The Morgan fingerprint density at radius 3 is 2.65 bits per heavy atom. The fraction of sp³-hybridized carbons (Fsp3) is 0.667. The van der Waals surface area contributed by atoms with Gasteiger partial charge in [0, 0.05) is 13.1 Å². The second kappa shape index (κ2) is 6.31. The average molecular weight is 302 g/mol. The first kappa shape index (κ1) is 14.4. The molecule has 0 atom stereocenters. The lowest BCUT2D eigenvalue weighted by atomic mass is 10.2. The number of carbonyl (C=O) groups is 1. The molecule has 1 aromatic heterocycles. The fourth-order valence-electron chi connectivity index (χ4n) is 1.58. The quantitative estimate of drug-likeness (QED) is 0.872. The molecule has 1 rings (SSSR count). The lowest BCUT2D eigenvalue weighted by molar-refractivity contribution is -0.117. The molecule has 1 N–H and O–H groups in total. The van der Waals surface area contributed by atoms with Crippen LogP contribution in [0.1, 0.15) is 32.2 Å². The minimum Gasteiger partial charge on any atom is -0.308 e. The predicted molar refractivity (Wildman–Crippen MR) is 72.1 cm³/mol. The van der Waals surface area contributed by atoms with Crippen molar-refractivity contribution in [1.29, 1.82) is 0 Å². The average Bonchev–Trinajstić information content (AvgIpc) is 2.53. The summed E-state index contributed by atoms with van der Waals surface area (Å²) in [5.41, 5.74) is 1.96. The zero-order valence-electron chi connectivity index (χ0n) is 10.9. The summed E-state index contributed by atoms with van der Waals surface area (Å²) in [7, 11) is 1.88. The molecule has 0 fully saturated rings. The molecule has 0 spiro atoms. The van der Waals surface area contributed by atoms with Crippen molar-refractivity contribution in [3.8, 4) is 0 Å². The van der Waals surface area contributed by atoms with Crippen molar-refractivity contribution in [3.63, 3.8) is 0 Å². The molecule has 0 radical (unpaired) electrons. The van der Waals surface area contributed by atoms with Gasteiger partial charge in [-0.3, -0.25) is 9.48 Å². The molecule has 17 heavy (non-hydrogen) atoms. The Morgan fingerprint density at radius 2 is 2.18 bits per heavy atom. The third-order valence-corrected chi connectivity index (χ3v) is 3.49. The van der Waals surface area contributed by atoms with Crippen LogP contribution in [0.15, 0.2) is 4.47 Å². The molecule has 0 unspecified atom stereocenters. The number of hydrogen-bond acceptors (Lipinski definition) is 3. The lowest BCUT2D eigenvalue weighted by Crippen LogP contribution is -2.30. The standard InChI is InChI=1S/C12H20BrN3O/c1-5-10-12(13)11(16(4)15-10)6-9(17)7-14-8(2)3/h8,14H,5-7H2,1-4H3. The Kier molecular flexibility index (Phi) is 5.33. The highest BCUT2D eigenvalue weighted by Crippen LogP contribution is 2.21. The van der Waals surface area contributed by atoms with Crippen LogP contribution < -0.4 is 5.32 Å². The van der Waals surface area contributed by atoms with Crippen LogP contribution in [0, 0.1) is 0 Å². The van der Waals surface area contributed by atoms with Crippen molar-refractivity contribution in [2.75, 3.05) is 6.54 Å². The Bertz CT molecular complexity index is 399. The maximum atomic E-state index is 11.8. The molecule has 0 saturated heterocycles. The molecule has 0 saturated carbocycles. The molecule has 0 aliphatic carbocycles. The van der Waals surface area contributed by atoms with Crippen LogP contribution in [0.4, 0.5) is 0 Å². The van der Waals surface area contributed by atoms with Crippen molar-refractivity contribution in [1.82, 2.24) is 15.1 Å². The minimum absolute atomic E-state index is 0.185. The first-order valence-electron chi connectivity index (χ1n) is 5.91. The molecular weight excluding hydrogens is 282 g/mol. The van der Waals surface area contributed by atoms with E-state index in [1.807, 2.05) is 20.9 Å². The third kappa shape index (κ3) is 3.92. The number of rotatable bonds is 6. The van der Waals surface area contributed by atoms with Crippen LogP contribution in [0.5, 0.6) is 0 Å². The molecule has 1 aromatic rings. The van der Waals surface area contributed by atoms with Crippen molar-refractivity contribution in [2.24, 2.45) is 7.05 Å². The molecule has 0 bridgehead atoms. The van der Waals surface area contributed by atoms with E-state index >= 15 is 0 Å². The summed E-state index contributed by atoms with van der Waals surface area (Å²) in [6.45, 7) is 6.53. The maximum Gasteiger partial charge on any atom is 0.152 e. The van der Waals surface area contributed by atoms with Gasteiger partial charge in [-0.1, -0.05) is 20.8 Å². The summed E-state index contributed by atoms with van der Waals surface area (Å²) in [5, 5.41) is 7.50. The van der Waals surface area contributed by atoms with E-state index in [2.05, 4.69) is 33.3 Å². The highest BCUT2D eigenvalue weighted by molar-refractivity contribution is 9.10. The summed E-state index contributed by atoms with van der Waals surface area (Å²) < 4.78 is 2.76. The summed E-state index contributed by atoms with van der Waals surface area (Å²) >= 11 is 3.51. The van der Waals surface area contributed by atoms with E-state index in [0.717, 1.165) is 22.3 Å². The van der Waals surface area contributed by atoms with E-state index in [4.69, 9.17) is 0 Å². The van der Waals surface area contributed by atoms with Crippen LogP contribution in [0.25, 0.3) is 0 Å². The van der Waals surface area contributed by atoms with Gasteiger partial charge in [-0.15, -0.1) is 0 Å². The molecular formula is C12H20BrN3O. The van der Waals surface area contributed by atoms with Crippen molar-refractivity contribution >= 4 is 21.7 Å². The Hall–Kier alpha value is -0.680. The monoisotopic (exact) mass is 301 g/mol. The Morgan fingerprint density at radius 1 is 1.53 bits per heavy atom. The van der Waals surface area contributed by atoms with Gasteiger partial charge < -0.3 is 5.32 Å². The minimum atomic E-state index is 0.185. The van der Waals surface area contributed by atoms with Crippen LogP contribution >= 0.6 is 15.9 Å². The fourth-order valence-corrected chi connectivity index (χ4v) is 2.34. The zero-order valence-corrected chi connectivity index (χ0v) is 12.5. The lowest BCUT2D eigenvalue weighted by Gasteiger charge is -2.07. The van der Waals surface area contributed by atoms with Gasteiger partial charge in [-0.25, -0.2) is 0 Å². The molecule has 5 heteroatoms. The highest BCUT2D eigenvalue weighted by Gasteiger charge is 2.15. The van der Waals surface area contributed by atoms with Crippen molar-refractivity contribution in [3.05, 3.63) is 15.9 Å². The van der Waals surface area contributed by atoms with Gasteiger partial charge in [0.15, 0.2) is 5.78 Å². The van der Waals surface area contributed by atoms with Gasteiger partial charge in [0.25, 0.3) is 0 Å². The zero-order chi connectivity index (χ0) is 13.0. The topological polar surface area (TPSA) is 46.9 Å². The first-order valence-corrected chi connectivity index (χ1v) is 6.70. The number of ketones is 1. The SMILES string of the molecule is CCc1nn(C)c(CC(=O)CNC(C)C)c1Br. The van der Waals surface area contributed by atoms with Gasteiger partial charge in [0.2, 0.25) is 0 Å². The summed E-state index contributed by atoms with van der Waals surface area (Å²) in [4.78, 5) is 11.8. The number of Topliss-reactive ketones (excluding diaryl/α,β-unsaturated/α-hetero) is 1. The van der Waals surface area contributed by atoms with E-state index < -0.39 is 0 Å². The molecule has 4 nitrogen and oxygen atoms in total. The molecule has 96 valence electrons. The van der Waals surface area contributed by atoms with E-state index in [1.165, 1.54) is 0 Å². The van der Waals surface area contributed by atoms with E-state index in [1.54, 1.807) is 4.68 Å². The normalized spacial score (nSPS) is 11.2. The van der Waals surface area contributed by atoms with Crippen molar-refractivity contribution < 1.29 is 4.79 Å². The third-order valence-electron chi connectivity index (χ3n) is 2.58. The number of nitrogens with one attached hydrogen (secondary N) is 1. The molecule has 0 aromatic carbocycles. The van der Waals surface area contributed by atoms with Crippen LogP contribution in [-0.4, -0.2) is 28.2 Å². The summed E-state index contributed by atoms with van der Waals surface area (Å²) in [6.07, 6.45) is 1.29. The van der Waals surface area contributed by atoms with E-state index in [9.17, 15) is 4.79 Å². The number of aromatic nitrogens is 2. The van der Waals surface area contributed by atoms with Crippen LogP contribution in [0.3, 0.4) is 0 Å². The van der Waals surface area contributed by atoms with E-state index in [0.29, 0.717) is 19.0 Å². The van der Waals surface area contributed by atoms with Gasteiger partial charge in [-0.05, 0) is 22.4 Å². The smallest absolute Gasteiger partial charge is 0.152 e. The second-order valence-electron chi connectivity index (χ2n) is 4.44. The van der Waals surface area contributed by atoms with Crippen LogP contribution in [0.2, 0.25) is 0 Å². The van der Waals surface area contributed by atoms with Crippen molar-refractivity contribution in [2.45, 2.75) is 39.7 Å². The van der Waals surface area contributed by atoms with Gasteiger partial charge in [0.05, 0.1) is 28.8 Å². The van der Waals surface area contributed by atoms with Gasteiger partial charge >= 0.3 is 0 Å². The largest absolute Gasteiger partial charge is 0.308 e. The number of carbonyl (C=O) groups excluding carboxylic acids is 1. The number of halogens is 1. The Balaban J connectivity index is 2.68. The second-order valence-corrected chi connectivity index (χ2v) is 5.23. The predicted octanol–water partition coefficient (Wildman–Crippen LogP) is 1.85. The molecule has 1 heterocycles. The molecule has 0 amide bonds. The molecule has 0 aliphatic heterocycles. The number of hydrogen-bond donors (Lipinski definition) is 1. The van der Waals surface area contributed by atoms with E-state index in [-0.39, 0.29) is 5.78 Å². The van der Waals surface area contributed by atoms with Crippen LogP contribution in [-0.2, 0) is 24.7 Å². The first-order chi connectivity index (χ1) is 7.95. The number of nitrogens with zero attached hydrogens (tertiary/aromatic N) is 2. The highest BCUT2D eigenvalue weighted by atomic mass is 79.9. The van der Waals surface area contributed by atoms with Gasteiger partial charge in [0.1, 0.15) is 0 Å². The Labute approximate surface area is 111 Å².